The molecule has 10 heteroatoms. The number of likely N-dealkylation sites (N-methyl/N-ethyl adjacent to an activating group) is 1. The van der Waals surface area contributed by atoms with Gasteiger partial charge in [-0.25, -0.2) is 0 Å². The molecule has 0 aliphatic carbocycles. The summed E-state index contributed by atoms with van der Waals surface area (Å²) in [5.74, 6) is -0.364. The van der Waals surface area contributed by atoms with E-state index in [-0.39, 0.29) is 23.7 Å². The average Bonchev–Trinajstić information content (AvgIpc) is 3.47. The summed E-state index contributed by atoms with van der Waals surface area (Å²) in [6.45, 7) is 6.94. The molecule has 1 aromatic carbocycles. The summed E-state index contributed by atoms with van der Waals surface area (Å²) in [4.78, 5) is 41.8. The van der Waals surface area contributed by atoms with E-state index < -0.39 is 24.0 Å². The van der Waals surface area contributed by atoms with Crippen LogP contribution in [-0.2, 0) is 9.59 Å². The van der Waals surface area contributed by atoms with Gasteiger partial charge in [0, 0.05) is 23.4 Å². The van der Waals surface area contributed by atoms with Gasteiger partial charge in [-0.1, -0.05) is 26.8 Å². The monoisotopic (exact) mass is 496 g/mol. The number of H-pyrrole nitrogens is 1. The fraction of sp³-hybridized carbons (Fsp3) is 0.538. The SMILES string of the molecule is CCNC(C#N)[C@H](C[C@@H]1CCNC1=O)NC(=O)[C@H](CC(C)C)NC(=O)c1cc2c(OC)cccc2[nH]1. The zero-order chi connectivity index (χ0) is 26.2. The predicted molar refractivity (Wildman–Crippen MR) is 136 cm³/mol. The Kier molecular flexibility index (Phi) is 9.31. The van der Waals surface area contributed by atoms with Crippen LogP contribution in [0.4, 0.5) is 0 Å². The highest BCUT2D eigenvalue weighted by atomic mass is 16.5. The molecule has 0 bridgehead atoms. The van der Waals surface area contributed by atoms with Crippen LogP contribution in [-0.4, -0.2) is 61.0 Å². The van der Waals surface area contributed by atoms with Gasteiger partial charge >= 0.3 is 0 Å². The van der Waals surface area contributed by atoms with Gasteiger partial charge in [-0.3, -0.25) is 14.4 Å². The van der Waals surface area contributed by atoms with Crippen LogP contribution in [0.15, 0.2) is 24.3 Å². The molecule has 194 valence electrons. The van der Waals surface area contributed by atoms with Crippen molar-refractivity contribution >= 4 is 28.6 Å². The van der Waals surface area contributed by atoms with E-state index in [9.17, 15) is 19.6 Å². The lowest BCUT2D eigenvalue weighted by molar-refractivity contribution is -0.126. The van der Waals surface area contributed by atoms with Crippen LogP contribution >= 0.6 is 0 Å². The van der Waals surface area contributed by atoms with Crippen molar-refractivity contribution in [2.24, 2.45) is 11.8 Å². The molecule has 1 aromatic heterocycles. The van der Waals surface area contributed by atoms with Crippen molar-refractivity contribution in [2.45, 2.75) is 58.2 Å². The largest absolute Gasteiger partial charge is 0.496 e. The van der Waals surface area contributed by atoms with E-state index >= 15 is 0 Å². The minimum absolute atomic E-state index is 0.0660. The molecule has 0 radical (unpaired) electrons. The number of amides is 3. The first-order chi connectivity index (χ1) is 17.3. The average molecular weight is 497 g/mol. The van der Waals surface area contributed by atoms with Gasteiger partial charge in [-0.2, -0.15) is 5.26 Å². The van der Waals surface area contributed by atoms with Gasteiger partial charge < -0.3 is 31.0 Å². The molecule has 1 unspecified atom stereocenters. The summed E-state index contributed by atoms with van der Waals surface area (Å²) in [6.07, 6.45) is 1.41. The molecule has 1 saturated heterocycles. The van der Waals surface area contributed by atoms with Gasteiger partial charge in [0.2, 0.25) is 11.8 Å². The van der Waals surface area contributed by atoms with Gasteiger partial charge in [-0.05, 0) is 49.9 Å². The predicted octanol–water partition coefficient (Wildman–Crippen LogP) is 1.83. The number of fused-ring (bicyclic) bond motifs is 1. The zero-order valence-corrected chi connectivity index (χ0v) is 21.3. The molecule has 2 heterocycles. The second-order valence-electron chi connectivity index (χ2n) is 9.55. The highest BCUT2D eigenvalue weighted by Crippen LogP contribution is 2.26. The summed E-state index contributed by atoms with van der Waals surface area (Å²) in [5, 5.41) is 22.2. The third-order valence-corrected chi connectivity index (χ3v) is 6.41. The Balaban J connectivity index is 1.79. The van der Waals surface area contributed by atoms with Gasteiger partial charge in [0.1, 0.15) is 23.5 Å². The third-order valence-electron chi connectivity index (χ3n) is 6.41. The molecule has 1 fully saturated rings. The number of aromatic amines is 1. The van der Waals surface area contributed by atoms with E-state index in [1.165, 1.54) is 0 Å². The molecule has 10 nitrogen and oxygen atoms in total. The minimum atomic E-state index is -0.813. The van der Waals surface area contributed by atoms with Gasteiger partial charge in [0.15, 0.2) is 0 Å². The van der Waals surface area contributed by atoms with Crippen LogP contribution in [0.5, 0.6) is 5.75 Å². The number of rotatable bonds is 12. The van der Waals surface area contributed by atoms with Crippen molar-refractivity contribution in [1.82, 2.24) is 26.3 Å². The first-order valence-electron chi connectivity index (χ1n) is 12.4. The number of carbonyl (C=O) groups excluding carboxylic acids is 3. The fourth-order valence-corrected chi connectivity index (χ4v) is 4.60. The normalized spacial score (nSPS) is 17.8. The first kappa shape index (κ1) is 27.0. The Hall–Kier alpha value is -3.58. The number of hydrogen-bond acceptors (Lipinski definition) is 6. The van der Waals surface area contributed by atoms with E-state index in [2.05, 4.69) is 32.3 Å². The number of carbonyl (C=O) groups is 3. The molecule has 4 atom stereocenters. The summed E-state index contributed by atoms with van der Waals surface area (Å²) in [5.41, 5.74) is 1.07. The smallest absolute Gasteiger partial charge is 0.268 e. The van der Waals surface area contributed by atoms with E-state index in [1.807, 2.05) is 39.0 Å². The molecule has 3 rings (SSSR count). The van der Waals surface area contributed by atoms with Crippen LogP contribution in [0, 0.1) is 23.2 Å². The van der Waals surface area contributed by atoms with E-state index in [0.717, 1.165) is 10.9 Å². The van der Waals surface area contributed by atoms with Crippen molar-refractivity contribution < 1.29 is 19.1 Å². The lowest BCUT2D eigenvalue weighted by Gasteiger charge is -2.28. The third kappa shape index (κ3) is 6.55. The van der Waals surface area contributed by atoms with E-state index in [4.69, 9.17) is 4.74 Å². The van der Waals surface area contributed by atoms with E-state index in [0.29, 0.717) is 43.8 Å². The number of ether oxygens (including phenoxy) is 1. The molecule has 0 saturated carbocycles. The Morgan fingerprint density at radius 3 is 2.67 bits per heavy atom. The highest BCUT2D eigenvalue weighted by molar-refractivity contribution is 6.01. The molecule has 1 aliphatic heterocycles. The summed E-state index contributed by atoms with van der Waals surface area (Å²) in [7, 11) is 1.57. The second-order valence-corrected chi connectivity index (χ2v) is 9.55. The highest BCUT2D eigenvalue weighted by Gasteiger charge is 2.34. The molecular weight excluding hydrogens is 460 g/mol. The van der Waals surface area contributed by atoms with Crippen LogP contribution in [0.2, 0.25) is 0 Å². The molecular formula is C26H36N6O4. The molecule has 1 aliphatic rings. The van der Waals surface area contributed by atoms with Crippen molar-refractivity contribution in [3.8, 4) is 11.8 Å². The van der Waals surface area contributed by atoms with Crippen LogP contribution in [0.1, 0.15) is 50.5 Å². The molecule has 2 aromatic rings. The van der Waals surface area contributed by atoms with Crippen LogP contribution in [0.3, 0.4) is 0 Å². The Labute approximate surface area is 211 Å². The number of aromatic nitrogens is 1. The summed E-state index contributed by atoms with van der Waals surface area (Å²) in [6, 6.07) is 7.34. The van der Waals surface area contributed by atoms with Crippen molar-refractivity contribution in [1.29, 1.82) is 5.26 Å². The number of hydrogen-bond donors (Lipinski definition) is 5. The number of methoxy groups -OCH3 is 1. The number of benzene rings is 1. The lowest BCUT2D eigenvalue weighted by atomic mass is 9.93. The molecule has 36 heavy (non-hydrogen) atoms. The fourth-order valence-electron chi connectivity index (χ4n) is 4.60. The maximum atomic E-state index is 13.4. The molecule has 0 spiro atoms. The van der Waals surface area contributed by atoms with Crippen molar-refractivity contribution in [3.63, 3.8) is 0 Å². The van der Waals surface area contributed by atoms with Gasteiger partial charge in [0.05, 0.1) is 19.2 Å². The number of nitrogens with one attached hydrogen (secondary N) is 5. The van der Waals surface area contributed by atoms with Crippen molar-refractivity contribution in [2.75, 3.05) is 20.2 Å². The first-order valence-corrected chi connectivity index (χ1v) is 12.4. The second kappa shape index (κ2) is 12.4. The maximum Gasteiger partial charge on any atom is 0.268 e. The Morgan fingerprint density at radius 2 is 2.06 bits per heavy atom. The quantitative estimate of drug-likeness (QED) is 0.303. The topological polar surface area (TPSA) is 148 Å². The number of nitriles is 1. The van der Waals surface area contributed by atoms with E-state index in [1.54, 1.807) is 13.2 Å². The maximum absolute atomic E-state index is 13.4. The Morgan fingerprint density at radius 1 is 1.28 bits per heavy atom. The van der Waals surface area contributed by atoms with Crippen LogP contribution < -0.4 is 26.0 Å². The minimum Gasteiger partial charge on any atom is -0.496 e. The Bertz CT molecular complexity index is 1120. The zero-order valence-electron chi connectivity index (χ0n) is 21.3. The van der Waals surface area contributed by atoms with Crippen molar-refractivity contribution in [3.05, 3.63) is 30.0 Å². The molecule has 3 amide bonds. The van der Waals surface area contributed by atoms with Gasteiger partial charge in [-0.15, -0.1) is 0 Å². The lowest BCUT2D eigenvalue weighted by Crippen LogP contribution is -2.56. The van der Waals surface area contributed by atoms with Crippen LogP contribution in [0.25, 0.3) is 10.9 Å². The summed E-state index contributed by atoms with van der Waals surface area (Å²) >= 11 is 0. The van der Waals surface area contributed by atoms with Gasteiger partial charge in [0.25, 0.3) is 5.91 Å². The molecule has 5 N–H and O–H groups in total. The summed E-state index contributed by atoms with van der Waals surface area (Å²) < 4.78 is 5.37. The number of nitrogens with zero attached hydrogens (tertiary/aromatic N) is 1. The standard InChI is InChI=1S/C26H36N6O4/c1-5-28-22(14-27)19(12-16-9-10-29-24(16)33)31-25(34)20(11-15(2)3)32-26(35)21-13-17-18(30-21)7-6-8-23(17)36-4/h6-8,13,15-16,19-20,22,28,30H,5,9-12H2,1-4H3,(H,29,33)(H,31,34)(H,32,35)/t16-,19-,20-,22?/m0/s1.